The molecule has 0 amide bonds. The second-order valence-electron chi connectivity index (χ2n) is 3.39. The number of H-pyrrole nitrogens is 1. The minimum absolute atomic E-state index is 0.258. The number of phenolic OH excluding ortho intramolecular Hbond substituents is 1. The quantitative estimate of drug-likeness (QED) is 0.637. The molecule has 0 aliphatic heterocycles. The van der Waals surface area contributed by atoms with Gasteiger partial charge in [-0.1, -0.05) is 29.8 Å². The van der Waals surface area contributed by atoms with Crippen molar-refractivity contribution < 1.29 is 5.11 Å². The Hall–Kier alpha value is -1.93. The van der Waals surface area contributed by atoms with Crippen LogP contribution >= 0.6 is 11.8 Å². The maximum Gasteiger partial charge on any atom is 0.184 e. The molecule has 0 atom stereocenters. The summed E-state index contributed by atoms with van der Waals surface area (Å²) in [6.07, 6.45) is 5.80. The highest BCUT2D eigenvalue weighted by molar-refractivity contribution is 7.99. The van der Waals surface area contributed by atoms with E-state index in [-0.39, 0.29) is 5.75 Å². The standard InChI is InChI=1S/C12H11N3OS/c1-2-7-17-12-13-11(14-15-12)8-9-3-5-10(16)6-4-9/h1,3-6,16H,7-8H2,(H,13,14,15). The summed E-state index contributed by atoms with van der Waals surface area (Å²) in [5.41, 5.74) is 1.05. The third kappa shape index (κ3) is 3.26. The van der Waals surface area contributed by atoms with Gasteiger partial charge in [-0.05, 0) is 17.7 Å². The molecule has 0 spiro atoms. The Morgan fingerprint density at radius 1 is 1.35 bits per heavy atom. The zero-order valence-electron chi connectivity index (χ0n) is 9.05. The number of hydrogen-bond acceptors (Lipinski definition) is 4. The second kappa shape index (κ2) is 5.41. The number of terminal acetylenes is 1. The van der Waals surface area contributed by atoms with Crippen molar-refractivity contribution >= 4 is 11.8 Å². The van der Waals surface area contributed by atoms with E-state index in [1.54, 1.807) is 12.1 Å². The van der Waals surface area contributed by atoms with Gasteiger partial charge in [-0.15, -0.1) is 6.42 Å². The molecule has 4 nitrogen and oxygen atoms in total. The molecule has 0 saturated heterocycles. The molecule has 2 aromatic rings. The number of aromatic amines is 1. The average molecular weight is 245 g/mol. The molecule has 17 heavy (non-hydrogen) atoms. The van der Waals surface area contributed by atoms with Gasteiger partial charge in [0.05, 0.1) is 5.75 Å². The second-order valence-corrected chi connectivity index (χ2v) is 4.36. The summed E-state index contributed by atoms with van der Waals surface area (Å²) in [5, 5.41) is 16.8. The Kier molecular flexibility index (Phi) is 3.68. The van der Waals surface area contributed by atoms with E-state index in [2.05, 4.69) is 21.1 Å². The fourth-order valence-electron chi connectivity index (χ4n) is 1.33. The van der Waals surface area contributed by atoms with Crippen LogP contribution in [-0.2, 0) is 6.42 Å². The van der Waals surface area contributed by atoms with Gasteiger partial charge in [0, 0.05) is 6.42 Å². The van der Waals surface area contributed by atoms with Crippen molar-refractivity contribution in [3.05, 3.63) is 35.7 Å². The van der Waals surface area contributed by atoms with E-state index >= 15 is 0 Å². The van der Waals surface area contributed by atoms with Gasteiger partial charge in [-0.3, -0.25) is 5.10 Å². The van der Waals surface area contributed by atoms with Crippen molar-refractivity contribution in [1.29, 1.82) is 0 Å². The van der Waals surface area contributed by atoms with Crippen molar-refractivity contribution in [2.45, 2.75) is 11.6 Å². The first-order chi connectivity index (χ1) is 8.28. The zero-order chi connectivity index (χ0) is 12.1. The van der Waals surface area contributed by atoms with Crippen LogP contribution in [0.4, 0.5) is 0 Å². The van der Waals surface area contributed by atoms with Gasteiger partial charge in [-0.2, -0.15) is 5.10 Å². The van der Waals surface area contributed by atoms with Crippen molar-refractivity contribution in [2.75, 3.05) is 5.75 Å². The monoisotopic (exact) mass is 245 g/mol. The first-order valence-corrected chi connectivity index (χ1v) is 6.02. The number of phenols is 1. The highest BCUT2D eigenvalue weighted by atomic mass is 32.2. The zero-order valence-corrected chi connectivity index (χ0v) is 9.87. The normalized spacial score (nSPS) is 10.1. The van der Waals surface area contributed by atoms with E-state index in [4.69, 9.17) is 11.5 Å². The summed E-state index contributed by atoms with van der Waals surface area (Å²) in [7, 11) is 0. The van der Waals surface area contributed by atoms with Crippen LogP contribution in [0.15, 0.2) is 29.4 Å². The SMILES string of the molecule is C#CCSc1nc(Cc2ccc(O)cc2)n[nH]1. The van der Waals surface area contributed by atoms with E-state index in [9.17, 15) is 0 Å². The van der Waals surface area contributed by atoms with Crippen LogP contribution in [-0.4, -0.2) is 26.0 Å². The van der Waals surface area contributed by atoms with Crippen molar-refractivity contribution in [1.82, 2.24) is 15.2 Å². The molecule has 0 fully saturated rings. The molecule has 0 bridgehead atoms. The van der Waals surface area contributed by atoms with Crippen LogP contribution in [0, 0.1) is 12.3 Å². The maximum absolute atomic E-state index is 9.16. The van der Waals surface area contributed by atoms with Gasteiger partial charge in [-0.25, -0.2) is 4.98 Å². The first-order valence-electron chi connectivity index (χ1n) is 5.03. The van der Waals surface area contributed by atoms with Gasteiger partial charge < -0.3 is 5.11 Å². The summed E-state index contributed by atoms with van der Waals surface area (Å²) in [6.45, 7) is 0. The molecule has 86 valence electrons. The van der Waals surface area contributed by atoms with Gasteiger partial charge in [0.15, 0.2) is 11.0 Å². The molecule has 0 unspecified atom stereocenters. The molecule has 2 N–H and O–H groups in total. The predicted molar refractivity (Wildman–Crippen MR) is 66.9 cm³/mol. The molecule has 5 heteroatoms. The van der Waals surface area contributed by atoms with Crippen molar-refractivity contribution in [2.24, 2.45) is 0 Å². The van der Waals surface area contributed by atoms with Crippen molar-refractivity contribution in [3.8, 4) is 18.1 Å². The maximum atomic E-state index is 9.16. The molecule has 0 radical (unpaired) electrons. The van der Waals surface area contributed by atoms with Gasteiger partial charge >= 0.3 is 0 Å². The molecule has 2 rings (SSSR count). The third-order valence-electron chi connectivity index (χ3n) is 2.10. The molecule has 1 aromatic heterocycles. The molecule has 0 aliphatic rings. The van der Waals surface area contributed by atoms with E-state index in [1.165, 1.54) is 11.8 Å². The largest absolute Gasteiger partial charge is 0.508 e. The fraction of sp³-hybridized carbons (Fsp3) is 0.167. The average Bonchev–Trinajstić information content (AvgIpc) is 2.77. The Bertz CT molecular complexity index is 527. The number of thioether (sulfide) groups is 1. The van der Waals surface area contributed by atoms with E-state index < -0.39 is 0 Å². The van der Waals surface area contributed by atoms with Crippen LogP contribution in [0.1, 0.15) is 11.4 Å². The summed E-state index contributed by atoms with van der Waals surface area (Å²) >= 11 is 1.45. The lowest BCUT2D eigenvalue weighted by atomic mass is 10.1. The number of nitrogens with zero attached hydrogens (tertiary/aromatic N) is 2. The lowest BCUT2D eigenvalue weighted by molar-refractivity contribution is 0.475. The summed E-state index contributed by atoms with van der Waals surface area (Å²) in [6, 6.07) is 6.99. The summed E-state index contributed by atoms with van der Waals surface area (Å²) < 4.78 is 0. The lowest BCUT2D eigenvalue weighted by Gasteiger charge is -1.96. The number of rotatable bonds is 4. The summed E-state index contributed by atoms with van der Waals surface area (Å²) in [5.74, 6) is 4.08. The van der Waals surface area contributed by atoms with E-state index in [0.29, 0.717) is 12.2 Å². The smallest absolute Gasteiger partial charge is 0.184 e. The number of benzene rings is 1. The molecule has 0 saturated carbocycles. The molecule has 0 aliphatic carbocycles. The number of aromatic nitrogens is 3. The fourth-order valence-corrected chi connectivity index (χ4v) is 1.83. The topological polar surface area (TPSA) is 61.8 Å². The predicted octanol–water partition coefficient (Wildman–Crippen LogP) is 1.83. The van der Waals surface area contributed by atoms with Gasteiger partial charge in [0.25, 0.3) is 0 Å². The Balaban J connectivity index is 2.01. The summed E-state index contributed by atoms with van der Waals surface area (Å²) in [4.78, 5) is 4.30. The molecular weight excluding hydrogens is 234 g/mol. The van der Waals surface area contributed by atoms with Crippen LogP contribution in [0.3, 0.4) is 0 Å². The number of nitrogens with one attached hydrogen (secondary N) is 1. The minimum Gasteiger partial charge on any atom is -0.508 e. The lowest BCUT2D eigenvalue weighted by Crippen LogP contribution is -1.90. The molecule has 1 aromatic carbocycles. The van der Waals surface area contributed by atoms with Crippen LogP contribution in [0.25, 0.3) is 0 Å². The highest BCUT2D eigenvalue weighted by Gasteiger charge is 2.04. The van der Waals surface area contributed by atoms with E-state index in [0.717, 1.165) is 16.5 Å². The van der Waals surface area contributed by atoms with Crippen LogP contribution in [0.5, 0.6) is 5.75 Å². The molecular formula is C12H11N3OS. The van der Waals surface area contributed by atoms with Gasteiger partial charge in [0.2, 0.25) is 0 Å². The third-order valence-corrected chi connectivity index (χ3v) is 2.87. The highest BCUT2D eigenvalue weighted by Crippen LogP contribution is 2.15. The number of aromatic hydroxyl groups is 1. The van der Waals surface area contributed by atoms with Crippen LogP contribution < -0.4 is 0 Å². The number of hydrogen-bond donors (Lipinski definition) is 2. The Labute approximate surface area is 103 Å². The minimum atomic E-state index is 0.258. The Morgan fingerprint density at radius 3 is 2.82 bits per heavy atom. The molecule has 1 heterocycles. The Morgan fingerprint density at radius 2 is 2.12 bits per heavy atom. The first kappa shape index (κ1) is 11.6. The van der Waals surface area contributed by atoms with Crippen LogP contribution in [0.2, 0.25) is 0 Å². The van der Waals surface area contributed by atoms with E-state index in [1.807, 2.05) is 12.1 Å². The van der Waals surface area contributed by atoms with Crippen molar-refractivity contribution in [3.63, 3.8) is 0 Å². The van der Waals surface area contributed by atoms with Gasteiger partial charge in [0.1, 0.15) is 5.75 Å².